The van der Waals surface area contributed by atoms with Crippen molar-refractivity contribution in [2.75, 3.05) is 0 Å². The van der Waals surface area contributed by atoms with Crippen molar-refractivity contribution in [2.45, 2.75) is 0 Å². The average Bonchev–Trinajstić information content (AvgIpc) is 1.37. The molecule has 0 aromatic heterocycles. The van der Waals surface area contributed by atoms with Gasteiger partial charge in [-0.1, -0.05) is 0 Å². The van der Waals surface area contributed by atoms with E-state index in [1.54, 1.807) is 0 Å². The van der Waals surface area contributed by atoms with E-state index < -0.39 is 0 Å². The van der Waals surface area contributed by atoms with E-state index in [1.807, 2.05) is 0 Å². The van der Waals surface area contributed by atoms with Crippen LogP contribution in [0.2, 0.25) is 0 Å². The Hall–Kier alpha value is 1.38. The summed E-state index contributed by atoms with van der Waals surface area (Å²) in [6.45, 7) is 0. The van der Waals surface area contributed by atoms with Gasteiger partial charge in [-0.3, -0.25) is 0 Å². The molecule has 4 heavy (non-hydrogen) atoms. The molecule has 0 spiro atoms. The molecule has 0 aromatic rings. The zero-order valence-electron chi connectivity index (χ0n) is 1.73. The van der Waals surface area contributed by atoms with E-state index in [0.29, 0.717) is 0 Å². The minimum atomic E-state index is 1.27. The third-order valence-electron chi connectivity index (χ3n) is 0.0345. The molecule has 0 atom stereocenters. The van der Waals surface area contributed by atoms with Gasteiger partial charge in [0.1, 0.15) is 0 Å². The van der Waals surface area contributed by atoms with Gasteiger partial charge < -0.3 is 0 Å². The van der Waals surface area contributed by atoms with Crippen molar-refractivity contribution in [3.8, 4) is 0 Å². The fourth-order valence-electron chi connectivity index (χ4n) is 0. The van der Waals surface area contributed by atoms with E-state index >= 15 is 0 Å². The summed E-state index contributed by atoms with van der Waals surface area (Å²) in [5.74, 6) is 0. The first-order chi connectivity index (χ1) is 1.91. The molecular weight excluding hydrogens is 210 g/mol. The number of hydrogen-bond donors (Lipinski definition) is 0. The van der Waals surface area contributed by atoms with Crippen molar-refractivity contribution >= 4 is 17.4 Å². The molecule has 0 N–H and O–H groups in total. The van der Waals surface area contributed by atoms with E-state index in [9.17, 15) is 0 Å². The van der Waals surface area contributed by atoms with Gasteiger partial charge >= 0.3 is 64.8 Å². The summed E-state index contributed by atoms with van der Waals surface area (Å²) in [7, 11) is 0. The van der Waals surface area contributed by atoms with Crippen molar-refractivity contribution < 1.29 is 47.5 Å². The quantitative estimate of drug-likeness (QED) is 0.420. The van der Waals surface area contributed by atoms with Gasteiger partial charge in [-0.05, 0) is 0 Å². The molecule has 22 valence electrons. The Kier molecular flexibility index (Phi) is 5.90. The van der Waals surface area contributed by atoms with Gasteiger partial charge in [0.15, 0.2) is 0 Å². The Morgan fingerprint density at radius 3 is 2.25 bits per heavy atom. The third kappa shape index (κ3) is 3.38. The molecular formula is CEuNS. The zero-order chi connectivity index (χ0) is 3.41. The molecule has 1 nitrogen and oxygen atoms in total. The summed E-state index contributed by atoms with van der Waals surface area (Å²) < 4.78 is 3.36. The van der Waals surface area contributed by atoms with Crippen LogP contribution >= 0.6 is 12.2 Å². The van der Waals surface area contributed by atoms with Gasteiger partial charge in [0, 0.05) is 0 Å². The van der Waals surface area contributed by atoms with E-state index in [1.165, 1.54) is 47.5 Å². The summed E-state index contributed by atoms with van der Waals surface area (Å²) in [6, 6.07) is 0. The second kappa shape index (κ2) is 4.38. The Bertz CT molecular complexity index is 46.0. The van der Waals surface area contributed by atoms with Crippen LogP contribution in [0.4, 0.5) is 0 Å². The molecule has 0 unspecified atom stereocenters. The molecule has 0 fully saturated rings. The van der Waals surface area contributed by atoms with Gasteiger partial charge in [0.05, 0.1) is 0 Å². The number of isothiocyanates is 1. The molecule has 0 amide bonds. The number of hydrogen-bond acceptors (Lipinski definition) is 2. The first-order valence-electron chi connectivity index (χ1n) is 0.597. The van der Waals surface area contributed by atoms with Crippen LogP contribution in [0.3, 0.4) is 0 Å². The zero-order valence-corrected chi connectivity index (χ0v) is 4.98. The maximum atomic E-state index is 4.15. The van der Waals surface area contributed by atoms with E-state index in [-0.39, 0.29) is 0 Å². The van der Waals surface area contributed by atoms with Crippen LogP contribution in [0.25, 0.3) is 0 Å². The van der Waals surface area contributed by atoms with Crippen LogP contribution in [-0.4, -0.2) is 5.16 Å². The molecule has 0 aliphatic rings. The second-order valence-electron chi connectivity index (χ2n) is 0.176. The van der Waals surface area contributed by atoms with Crippen LogP contribution in [-0.2, 0) is 0 Å². The van der Waals surface area contributed by atoms with E-state index in [4.69, 9.17) is 0 Å². The van der Waals surface area contributed by atoms with Crippen LogP contribution in [0.15, 0.2) is -0.0620 Å². The molecule has 3 heteroatoms. The Morgan fingerprint density at radius 2 is 2.25 bits per heavy atom. The molecule has 0 rings (SSSR count). The summed E-state index contributed by atoms with van der Waals surface area (Å²) in [4.78, 5) is 0. The van der Waals surface area contributed by atoms with Crippen LogP contribution in [0.5, 0.6) is 0 Å². The summed E-state index contributed by atoms with van der Waals surface area (Å²) >= 11 is 5.42. The standard InChI is InChI=1S/CNS.Eu/c2-1-3;/q-1;+1. The van der Waals surface area contributed by atoms with Crippen molar-refractivity contribution in [3.05, 3.63) is 0 Å². The number of rotatable bonds is 0. The van der Waals surface area contributed by atoms with Crippen molar-refractivity contribution in [3.63, 3.8) is 0 Å². The predicted octanol–water partition coefficient (Wildman–Crippen LogP) is 0.553. The Morgan fingerprint density at radius 1 is 2.00 bits per heavy atom. The minimum absolute atomic E-state index is 1.27. The van der Waals surface area contributed by atoms with Crippen LogP contribution in [0, 0.1) is 47.5 Å². The summed E-state index contributed by atoms with van der Waals surface area (Å²) in [5, 5.41) is 2.16. The normalized spacial score (nSPS) is 4.25. The van der Waals surface area contributed by atoms with Gasteiger partial charge in [-0.2, -0.15) is 0 Å². The molecule has 0 aliphatic carbocycles. The Labute approximate surface area is 63.4 Å². The monoisotopic (exact) mass is 211 g/mol. The van der Waals surface area contributed by atoms with Gasteiger partial charge in [0.25, 0.3) is 0 Å². The molecule has 0 heterocycles. The third-order valence-corrected chi connectivity index (χ3v) is 0.768. The molecule has 0 aliphatic heterocycles. The van der Waals surface area contributed by atoms with Gasteiger partial charge in [-0.15, -0.1) is 0 Å². The van der Waals surface area contributed by atoms with E-state index in [2.05, 4.69) is 17.3 Å². The number of thiocarbonyl (C=S) groups is 1. The molecule has 0 bridgehead atoms. The molecule has 0 radical (unpaired) electrons. The molecule has 0 saturated heterocycles. The molecule has 0 saturated carbocycles. The van der Waals surface area contributed by atoms with Crippen LogP contribution in [0.1, 0.15) is 0 Å². The van der Waals surface area contributed by atoms with Crippen molar-refractivity contribution in [1.29, 1.82) is 0 Å². The fourth-order valence-corrected chi connectivity index (χ4v) is 0. The van der Waals surface area contributed by atoms with Crippen molar-refractivity contribution in [2.24, 2.45) is -0.0620 Å². The van der Waals surface area contributed by atoms with Gasteiger partial charge in [0.2, 0.25) is 0 Å². The SMILES string of the molecule is S=C=[N][Eu]. The topological polar surface area (TPSA) is 12.4 Å². The first-order valence-corrected chi connectivity index (χ1v) is 2.09. The Balaban J connectivity index is 3.11. The van der Waals surface area contributed by atoms with Gasteiger partial charge in [-0.25, -0.2) is 0 Å². The average molecular weight is 210 g/mol. The fraction of sp³-hybridized carbons (Fsp3) is 0. The van der Waals surface area contributed by atoms with Crippen molar-refractivity contribution in [1.82, 2.24) is 0 Å². The summed E-state index contributed by atoms with van der Waals surface area (Å²) in [6.07, 6.45) is 0. The molecule has 0 aromatic carbocycles. The first kappa shape index (κ1) is 5.38. The second-order valence-corrected chi connectivity index (χ2v) is 0.901. The van der Waals surface area contributed by atoms with E-state index in [0.717, 1.165) is 0 Å². The van der Waals surface area contributed by atoms with Crippen LogP contribution < -0.4 is 0 Å². The number of nitrogens with zero attached hydrogens (tertiary/aromatic N) is 1. The summed E-state index contributed by atoms with van der Waals surface area (Å²) in [5.41, 5.74) is 0. The maximum absolute atomic E-state index is 4.15. The predicted molar refractivity (Wildman–Crippen MR) is 15.0 cm³/mol.